The lowest BCUT2D eigenvalue weighted by Crippen LogP contribution is -2.28. The highest BCUT2D eigenvalue weighted by Crippen LogP contribution is 1.96. The Balaban J connectivity index is 3.82. The molecule has 0 unspecified atom stereocenters. The van der Waals surface area contributed by atoms with Crippen molar-refractivity contribution in [2.45, 2.75) is 20.3 Å². The van der Waals surface area contributed by atoms with Crippen LogP contribution in [-0.4, -0.2) is 25.5 Å². The second-order valence-corrected chi connectivity index (χ2v) is 2.64. The van der Waals surface area contributed by atoms with Crippen LogP contribution in [0.2, 0.25) is 0 Å². The number of rotatable bonds is 4. The van der Waals surface area contributed by atoms with Crippen LogP contribution in [0.4, 0.5) is 0 Å². The van der Waals surface area contributed by atoms with E-state index in [4.69, 9.17) is 0 Å². The lowest BCUT2D eigenvalue weighted by atomic mass is 10.2. The van der Waals surface area contributed by atoms with Crippen molar-refractivity contribution in [1.29, 1.82) is 0 Å². The van der Waals surface area contributed by atoms with Gasteiger partial charge in [-0.15, -0.1) is 0 Å². The third kappa shape index (κ3) is 5.90. The summed E-state index contributed by atoms with van der Waals surface area (Å²) >= 11 is 0. The maximum atomic E-state index is 11.0. The van der Waals surface area contributed by atoms with Crippen LogP contribution in [0.15, 0.2) is 11.6 Å². The lowest BCUT2D eigenvalue weighted by Gasteiger charge is -2.00. The van der Waals surface area contributed by atoms with Crippen LogP contribution in [0.25, 0.3) is 0 Å². The second kappa shape index (κ2) is 6.22. The molecular weight excluding hydrogens is 170 g/mol. The average Bonchev–Trinajstić information content (AvgIpc) is 2.13. The molecular formula is C9H15NO3. The van der Waals surface area contributed by atoms with Gasteiger partial charge in [-0.3, -0.25) is 9.59 Å². The van der Waals surface area contributed by atoms with E-state index in [1.54, 1.807) is 0 Å². The molecule has 0 radical (unpaired) electrons. The molecule has 0 spiro atoms. The molecule has 74 valence electrons. The van der Waals surface area contributed by atoms with Crippen molar-refractivity contribution in [3.63, 3.8) is 0 Å². The molecule has 1 N–H and O–H groups in total. The second-order valence-electron chi connectivity index (χ2n) is 2.64. The van der Waals surface area contributed by atoms with E-state index in [0.717, 1.165) is 12.0 Å². The molecule has 0 heterocycles. The minimum atomic E-state index is -0.448. The molecule has 0 rings (SSSR count). The van der Waals surface area contributed by atoms with Gasteiger partial charge in [-0.2, -0.15) is 0 Å². The van der Waals surface area contributed by atoms with Crippen LogP contribution in [0.5, 0.6) is 0 Å². The molecule has 0 atom stereocenters. The van der Waals surface area contributed by atoms with Gasteiger partial charge < -0.3 is 10.1 Å². The van der Waals surface area contributed by atoms with E-state index in [1.165, 1.54) is 13.2 Å². The number of methoxy groups -OCH3 is 1. The summed E-state index contributed by atoms with van der Waals surface area (Å²) in [6, 6.07) is 0. The molecule has 0 aliphatic rings. The van der Waals surface area contributed by atoms with Crippen LogP contribution in [0.3, 0.4) is 0 Å². The van der Waals surface area contributed by atoms with Crippen molar-refractivity contribution in [1.82, 2.24) is 5.32 Å². The molecule has 0 aliphatic carbocycles. The molecule has 0 bridgehead atoms. The number of nitrogens with one attached hydrogen (secondary N) is 1. The fourth-order valence-corrected chi connectivity index (χ4v) is 0.608. The molecule has 0 aromatic carbocycles. The highest BCUT2D eigenvalue weighted by molar-refractivity contribution is 5.90. The van der Waals surface area contributed by atoms with E-state index in [-0.39, 0.29) is 12.5 Å². The topological polar surface area (TPSA) is 55.4 Å². The Morgan fingerprint density at radius 2 is 2.08 bits per heavy atom. The summed E-state index contributed by atoms with van der Waals surface area (Å²) in [7, 11) is 1.28. The zero-order valence-corrected chi connectivity index (χ0v) is 8.22. The Labute approximate surface area is 78.0 Å². The van der Waals surface area contributed by atoms with Crippen molar-refractivity contribution in [3.05, 3.63) is 11.6 Å². The van der Waals surface area contributed by atoms with Crippen LogP contribution < -0.4 is 5.32 Å². The standard InChI is InChI=1S/C9H15NO3/c1-4-7(2)5-8(11)10-6-9(12)13-3/h5H,4,6H2,1-3H3,(H,10,11)/b7-5+. The normalized spacial score (nSPS) is 10.8. The fraction of sp³-hybridized carbons (Fsp3) is 0.556. The Bertz CT molecular complexity index is 221. The van der Waals surface area contributed by atoms with Gasteiger partial charge in [0, 0.05) is 6.08 Å². The molecule has 0 saturated carbocycles. The van der Waals surface area contributed by atoms with E-state index in [0.29, 0.717) is 0 Å². The maximum absolute atomic E-state index is 11.0. The largest absolute Gasteiger partial charge is 0.468 e. The van der Waals surface area contributed by atoms with Crippen LogP contribution in [0.1, 0.15) is 20.3 Å². The van der Waals surface area contributed by atoms with Gasteiger partial charge in [0.1, 0.15) is 6.54 Å². The molecule has 0 aliphatic heterocycles. The first-order valence-electron chi connectivity index (χ1n) is 4.12. The predicted octanol–water partition coefficient (Wildman–Crippen LogP) is 0.632. The summed E-state index contributed by atoms with van der Waals surface area (Å²) < 4.78 is 4.36. The van der Waals surface area contributed by atoms with Crippen LogP contribution in [0, 0.1) is 0 Å². The van der Waals surface area contributed by atoms with E-state index >= 15 is 0 Å². The number of carbonyl (C=O) groups is 2. The monoisotopic (exact) mass is 185 g/mol. The fourth-order valence-electron chi connectivity index (χ4n) is 0.608. The van der Waals surface area contributed by atoms with Crippen LogP contribution >= 0.6 is 0 Å². The van der Waals surface area contributed by atoms with E-state index in [2.05, 4.69) is 10.1 Å². The first-order valence-corrected chi connectivity index (χ1v) is 4.12. The third-order valence-corrected chi connectivity index (χ3v) is 1.57. The minimum Gasteiger partial charge on any atom is -0.468 e. The van der Waals surface area contributed by atoms with E-state index < -0.39 is 5.97 Å². The summed E-state index contributed by atoms with van der Waals surface area (Å²) in [5, 5.41) is 2.41. The minimum absolute atomic E-state index is 0.0805. The molecule has 0 aromatic heterocycles. The zero-order valence-electron chi connectivity index (χ0n) is 8.22. The quantitative estimate of drug-likeness (QED) is 0.516. The van der Waals surface area contributed by atoms with E-state index in [1.807, 2.05) is 13.8 Å². The van der Waals surface area contributed by atoms with E-state index in [9.17, 15) is 9.59 Å². The SMILES string of the molecule is CC/C(C)=C/C(=O)NCC(=O)OC. The number of esters is 1. The first kappa shape index (κ1) is 11.7. The molecule has 0 saturated heterocycles. The van der Waals surface area contributed by atoms with Gasteiger partial charge in [0.25, 0.3) is 0 Å². The van der Waals surface area contributed by atoms with Gasteiger partial charge in [0.15, 0.2) is 0 Å². The number of hydrogen-bond acceptors (Lipinski definition) is 3. The van der Waals surface area contributed by atoms with Gasteiger partial charge in [-0.25, -0.2) is 0 Å². The molecule has 13 heavy (non-hydrogen) atoms. The van der Waals surface area contributed by atoms with Gasteiger partial charge in [0.05, 0.1) is 7.11 Å². The Hall–Kier alpha value is -1.32. The maximum Gasteiger partial charge on any atom is 0.325 e. The van der Waals surface area contributed by atoms with Gasteiger partial charge in [-0.05, 0) is 13.3 Å². The highest BCUT2D eigenvalue weighted by Gasteiger charge is 2.01. The lowest BCUT2D eigenvalue weighted by molar-refractivity contribution is -0.140. The van der Waals surface area contributed by atoms with Crippen LogP contribution in [-0.2, 0) is 14.3 Å². The number of ether oxygens (including phenoxy) is 1. The van der Waals surface area contributed by atoms with Gasteiger partial charge >= 0.3 is 5.97 Å². The van der Waals surface area contributed by atoms with Crippen molar-refractivity contribution >= 4 is 11.9 Å². The Morgan fingerprint density at radius 1 is 1.46 bits per heavy atom. The van der Waals surface area contributed by atoms with Gasteiger partial charge in [0.2, 0.25) is 5.91 Å². The highest BCUT2D eigenvalue weighted by atomic mass is 16.5. The molecule has 0 fully saturated rings. The van der Waals surface area contributed by atoms with Crippen molar-refractivity contribution in [2.24, 2.45) is 0 Å². The van der Waals surface area contributed by atoms with Crippen molar-refractivity contribution in [2.75, 3.05) is 13.7 Å². The van der Waals surface area contributed by atoms with Crippen molar-refractivity contribution < 1.29 is 14.3 Å². The zero-order chi connectivity index (χ0) is 10.3. The number of allylic oxidation sites excluding steroid dienone is 1. The summed E-state index contributed by atoms with van der Waals surface area (Å²) in [5.41, 5.74) is 0.974. The Kier molecular flexibility index (Phi) is 5.59. The summed E-state index contributed by atoms with van der Waals surface area (Å²) in [6.07, 6.45) is 2.30. The number of carbonyl (C=O) groups excluding carboxylic acids is 2. The smallest absolute Gasteiger partial charge is 0.325 e. The summed E-state index contributed by atoms with van der Waals surface area (Å²) in [5.74, 6) is -0.708. The average molecular weight is 185 g/mol. The van der Waals surface area contributed by atoms with Gasteiger partial charge in [-0.1, -0.05) is 12.5 Å². The van der Waals surface area contributed by atoms with Crippen molar-refractivity contribution in [3.8, 4) is 0 Å². The molecule has 1 amide bonds. The molecule has 4 heteroatoms. The predicted molar refractivity (Wildman–Crippen MR) is 49.1 cm³/mol. The number of amides is 1. The Morgan fingerprint density at radius 3 is 2.54 bits per heavy atom. The number of hydrogen-bond donors (Lipinski definition) is 1. The summed E-state index contributed by atoms with van der Waals surface area (Å²) in [6.45, 7) is 3.74. The first-order chi connectivity index (χ1) is 6.10. The molecule has 0 aromatic rings. The molecule has 4 nitrogen and oxygen atoms in total. The summed E-state index contributed by atoms with van der Waals surface area (Å²) in [4.78, 5) is 21.7. The third-order valence-electron chi connectivity index (χ3n) is 1.57.